The SMILES string of the molecule is C[SiH](c1ccccc1)N(C1=C(CC(C)(C)C)C=CC1)[Si](C)(C)C. The zero-order valence-electron chi connectivity index (χ0n) is 16.0. The van der Waals surface area contributed by atoms with Crippen LogP contribution in [0, 0.1) is 5.41 Å². The molecule has 0 aliphatic heterocycles. The summed E-state index contributed by atoms with van der Waals surface area (Å²) >= 11 is 0. The summed E-state index contributed by atoms with van der Waals surface area (Å²) in [5.41, 5.74) is 3.55. The second-order valence-electron chi connectivity index (χ2n) is 8.94. The van der Waals surface area contributed by atoms with Gasteiger partial charge in [-0.3, -0.25) is 0 Å². The lowest BCUT2D eigenvalue weighted by molar-refractivity contribution is 0.410. The summed E-state index contributed by atoms with van der Waals surface area (Å²) in [5.74, 6) is 0. The van der Waals surface area contributed by atoms with E-state index in [4.69, 9.17) is 0 Å². The van der Waals surface area contributed by atoms with Crippen LogP contribution in [-0.4, -0.2) is 21.4 Å². The average molecular weight is 344 g/mol. The fraction of sp³-hybridized carbons (Fsp3) is 0.500. The molecule has 1 unspecified atom stereocenters. The van der Waals surface area contributed by atoms with Crippen molar-refractivity contribution in [2.24, 2.45) is 5.41 Å². The fourth-order valence-corrected chi connectivity index (χ4v) is 11.6. The highest BCUT2D eigenvalue weighted by molar-refractivity contribution is 6.87. The molecule has 0 saturated heterocycles. The molecule has 1 aromatic rings. The zero-order chi connectivity index (χ0) is 17.3. The van der Waals surface area contributed by atoms with E-state index in [-0.39, 0.29) is 0 Å². The van der Waals surface area contributed by atoms with Gasteiger partial charge in [0, 0.05) is 12.1 Å². The summed E-state index contributed by atoms with van der Waals surface area (Å²) in [7, 11) is -2.58. The van der Waals surface area contributed by atoms with Crippen molar-refractivity contribution in [1.29, 1.82) is 0 Å². The molecule has 0 heterocycles. The maximum absolute atomic E-state index is 2.91. The highest BCUT2D eigenvalue weighted by Crippen LogP contribution is 2.35. The highest BCUT2D eigenvalue weighted by atomic mass is 28.4. The summed E-state index contributed by atoms with van der Waals surface area (Å²) < 4.78 is 2.91. The van der Waals surface area contributed by atoms with Gasteiger partial charge < -0.3 is 4.23 Å². The van der Waals surface area contributed by atoms with E-state index in [0.29, 0.717) is 5.41 Å². The molecule has 3 heteroatoms. The smallest absolute Gasteiger partial charge is 0.160 e. The van der Waals surface area contributed by atoms with Gasteiger partial charge in [-0.2, -0.15) is 0 Å². The Morgan fingerprint density at radius 1 is 1.09 bits per heavy atom. The third-order valence-electron chi connectivity index (χ3n) is 4.40. The Bertz CT molecular complexity index is 588. The molecule has 0 aromatic heterocycles. The summed E-state index contributed by atoms with van der Waals surface area (Å²) in [5, 5.41) is 1.56. The molecule has 0 saturated carbocycles. The first-order valence-corrected chi connectivity index (χ1v) is 14.5. The summed E-state index contributed by atoms with van der Waals surface area (Å²) in [4.78, 5) is 0. The van der Waals surface area contributed by atoms with Crippen LogP contribution in [0.1, 0.15) is 33.6 Å². The van der Waals surface area contributed by atoms with Crippen LogP contribution < -0.4 is 5.19 Å². The Kier molecular flexibility index (Phi) is 5.42. The first-order valence-electron chi connectivity index (χ1n) is 8.82. The van der Waals surface area contributed by atoms with E-state index in [1.54, 1.807) is 16.5 Å². The van der Waals surface area contributed by atoms with Crippen molar-refractivity contribution in [2.75, 3.05) is 0 Å². The Hall–Kier alpha value is -1.07. The van der Waals surface area contributed by atoms with Crippen LogP contribution in [0.3, 0.4) is 0 Å². The number of benzene rings is 1. The Labute approximate surface area is 145 Å². The maximum Gasteiger partial charge on any atom is 0.160 e. The van der Waals surface area contributed by atoms with Gasteiger partial charge >= 0.3 is 0 Å². The van der Waals surface area contributed by atoms with Gasteiger partial charge in [-0.1, -0.05) is 89.4 Å². The second-order valence-corrected chi connectivity index (χ2v) is 16.8. The molecule has 0 bridgehead atoms. The lowest BCUT2D eigenvalue weighted by Crippen LogP contribution is -2.57. The van der Waals surface area contributed by atoms with Crippen LogP contribution in [0.2, 0.25) is 26.2 Å². The van der Waals surface area contributed by atoms with Gasteiger partial charge in [-0.15, -0.1) is 0 Å². The predicted molar refractivity (Wildman–Crippen MR) is 109 cm³/mol. The average Bonchev–Trinajstić information content (AvgIpc) is 2.84. The van der Waals surface area contributed by atoms with Crippen molar-refractivity contribution in [3.05, 3.63) is 53.8 Å². The zero-order valence-corrected chi connectivity index (χ0v) is 18.1. The number of nitrogens with zero attached hydrogens (tertiary/aromatic N) is 1. The minimum absolute atomic E-state index is 0.345. The minimum Gasteiger partial charge on any atom is -0.426 e. The number of rotatable bonds is 5. The molecular formula is C20H33NSi2. The molecule has 126 valence electrons. The third kappa shape index (κ3) is 4.71. The summed E-state index contributed by atoms with van der Waals surface area (Å²) in [6, 6.07) is 11.2. The number of hydrogen-bond donors (Lipinski definition) is 0. The molecule has 23 heavy (non-hydrogen) atoms. The van der Waals surface area contributed by atoms with Crippen LogP contribution in [0.15, 0.2) is 53.8 Å². The molecule has 1 atom stereocenters. The molecule has 0 N–H and O–H groups in total. The van der Waals surface area contributed by atoms with E-state index in [9.17, 15) is 0 Å². The van der Waals surface area contributed by atoms with E-state index < -0.39 is 17.2 Å². The molecule has 1 nitrogen and oxygen atoms in total. The van der Waals surface area contributed by atoms with E-state index in [1.165, 1.54) is 6.42 Å². The highest BCUT2D eigenvalue weighted by Gasteiger charge is 2.33. The van der Waals surface area contributed by atoms with Gasteiger partial charge in [0.2, 0.25) is 0 Å². The topological polar surface area (TPSA) is 3.24 Å². The van der Waals surface area contributed by atoms with Crippen LogP contribution in [0.5, 0.6) is 0 Å². The van der Waals surface area contributed by atoms with Crippen LogP contribution in [0.4, 0.5) is 0 Å². The monoisotopic (exact) mass is 343 g/mol. The van der Waals surface area contributed by atoms with Crippen molar-refractivity contribution in [3.63, 3.8) is 0 Å². The van der Waals surface area contributed by atoms with Gasteiger partial charge in [0.15, 0.2) is 8.96 Å². The summed E-state index contributed by atoms with van der Waals surface area (Å²) in [6.07, 6.45) is 7.06. The molecule has 0 spiro atoms. The van der Waals surface area contributed by atoms with Crippen molar-refractivity contribution in [2.45, 2.75) is 59.8 Å². The third-order valence-corrected chi connectivity index (χ3v) is 12.0. The van der Waals surface area contributed by atoms with E-state index in [1.807, 2.05) is 0 Å². The van der Waals surface area contributed by atoms with Crippen molar-refractivity contribution in [1.82, 2.24) is 4.23 Å². The number of allylic oxidation sites excluding steroid dienone is 3. The van der Waals surface area contributed by atoms with Crippen molar-refractivity contribution in [3.8, 4) is 0 Å². The minimum atomic E-state index is -1.42. The normalized spacial score (nSPS) is 16.8. The maximum atomic E-state index is 2.91. The van der Waals surface area contributed by atoms with Gasteiger partial charge in [0.25, 0.3) is 0 Å². The van der Waals surface area contributed by atoms with E-state index in [2.05, 4.69) is 93.7 Å². The molecule has 0 radical (unpaired) electrons. The molecule has 2 rings (SSSR count). The van der Waals surface area contributed by atoms with E-state index in [0.717, 1.165) is 6.42 Å². The van der Waals surface area contributed by atoms with Gasteiger partial charge in [0.05, 0.1) is 0 Å². The standard InChI is InChI=1S/C20H33NSi2/c1-20(2,3)16-17-12-11-15-19(17)21(23(5,6)7)22(4)18-13-9-8-10-14-18/h8-14,22H,15-16H2,1-7H3. The second kappa shape index (κ2) is 6.82. The molecule has 1 aromatic carbocycles. The molecule has 0 amide bonds. The molecular weight excluding hydrogens is 310 g/mol. The van der Waals surface area contributed by atoms with Gasteiger partial charge in [0.1, 0.15) is 8.24 Å². The first kappa shape index (κ1) is 18.3. The van der Waals surface area contributed by atoms with Gasteiger partial charge in [-0.25, -0.2) is 0 Å². The van der Waals surface area contributed by atoms with Gasteiger partial charge in [-0.05, 0) is 22.6 Å². The lowest BCUT2D eigenvalue weighted by atomic mass is 9.88. The quantitative estimate of drug-likeness (QED) is 0.677. The Balaban J connectivity index is 2.42. The Morgan fingerprint density at radius 2 is 1.70 bits per heavy atom. The van der Waals surface area contributed by atoms with E-state index >= 15 is 0 Å². The molecule has 1 aliphatic carbocycles. The Morgan fingerprint density at radius 3 is 2.22 bits per heavy atom. The lowest BCUT2D eigenvalue weighted by Gasteiger charge is -2.43. The van der Waals surface area contributed by atoms with Crippen LogP contribution >= 0.6 is 0 Å². The largest absolute Gasteiger partial charge is 0.426 e. The first-order chi connectivity index (χ1) is 10.6. The van der Waals surface area contributed by atoms with Crippen LogP contribution in [0.25, 0.3) is 0 Å². The van der Waals surface area contributed by atoms with Crippen molar-refractivity contribution < 1.29 is 0 Å². The van der Waals surface area contributed by atoms with Crippen molar-refractivity contribution >= 4 is 22.4 Å². The van der Waals surface area contributed by atoms with Crippen LogP contribution in [-0.2, 0) is 0 Å². The molecule has 0 fully saturated rings. The molecule has 1 aliphatic rings. The fourth-order valence-electron chi connectivity index (χ4n) is 3.63. The number of hydrogen-bond acceptors (Lipinski definition) is 1. The summed E-state index contributed by atoms with van der Waals surface area (Å²) in [6.45, 7) is 17.0. The predicted octanol–water partition coefficient (Wildman–Crippen LogP) is 5.03.